The van der Waals surface area contributed by atoms with Crippen LogP contribution in [0.15, 0.2) is 91.0 Å². The number of hydrogen-bond acceptors (Lipinski definition) is 8. The van der Waals surface area contributed by atoms with Crippen molar-refractivity contribution in [2.75, 3.05) is 6.61 Å². The van der Waals surface area contributed by atoms with Crippen LogP contribution in [0.25, 0.3) is 0 Å². The third-order valence-corrected chi connectivity index (χ3v) is 7.61. The number of ketones is 1. The van der Waals surface area contributed by atoms with Gasteiger partial charge < -0.3 is 30.5 Å². The molecule has 0 saturated carbocycles. The minimum absolute atomic E-state index is 0.00701. The summed E-state index contributed by atoms with van der Waals surface area (Å²) in [5, 5.41) is 16.8. The number of hydrogen-bond donors (Lipinski definition) is 4. The molecule has 3 atom stereocenters. The second kappa shape index (κ2) is 19.3. The van der Waals surface area contributed by atoms with Crippen molar-refractivity contribution < 1.29 is 43.3 Å². The molecule has 0 fully saturated rings. The molecule has 0 radical (unpaired) electrons. The van der Waals surface area contributed by atoms with Gasteiger partial charge in [-0.1, -0.05) is 105 Å². The summed E-state index contributed by atoms with van der Waals surface area (Å²) >= 11 is 0. The van der Waals surface area contributed by atoms with E-state index in [0.717, 1.165) is 16.7 Å². The van der Waals surface area contributed by atoms with Crippen molar-refractivity contribution >= 4 is 35.6 Å². The number of Topliss-reactive ketones (excluding diaryl/α,β-unsaturated/α-hetero) is 1. The molecule has 0 bridgehead atoms. The number of benzene rings is 3. The predicted molar refractivity (Wildman–Crippen MR) is 180 cm³/mol. The van der Waals surface area contributed by atoms with Gasteiger partial charge in [-0.3, -0.25) is 24.0 Å². The predicted octanol–water partition coefficient (Wildman–Crippen LogP) is 3.62. The number of nitrogens with one attached hydrogen (secondary N) is 3. The van der Waals surface area contributed by atoms with Gasteiger partial charge in [0.2, 0.25) is 11.8 Å². The number of alkyl carbamates (subject to hydrolysis) is 1. The van der Waals surface area contributed by atoms with Gasteiger partial charge in [0.15, 0.2) is 12.4 Å². The fourth-order valence-electron chi connectivity index (χ4n) is 4.91. The summed E-state index contributed by atoms with van der Waals surface area (Å²) in [6, 6.07) is 23.8. The molecule has 0 heterocycles. The fourth-order valence-corrected chi connectivity index (χ4v) is 4.91. The van der Waals surface area contributed by atoms with Crippen molar-refractivity contribution in [2.45, 2.75) is 64.8 Å². The largest absolute Gasteiger partial charge is 0.481 e. The van der Waals surface area contributed by atoms with Crippen LogP contribution in [0, 0.1) is 11.8 Å². The lowest BCUT2D eigenvalue weighted by Gasteiger charge is -2.24. The Labute approximate surface area is 285 Å². The van der Waals surface area contributed by atoms with Gasteiger partial charge in [0.25, 0.3) is 0 Å². The summed E-state index contributed by atoms with van der Waals surface area (Å²) < 4.78 is 10.6. The first kappa shape index (κ1) is 37.9. The molecule has 0 aromatic heterocycles. The lowest BCUT2D eigenvalue weighted by Crippen LogP contribution is -2.56. The topological polar surface area (TPSA) is 177 Å². The first-order valence-corrected chi connectivity index (χ1v) is 16.0. The van der Waals surface area contributed by atoms with Gasteiger partial charge in [0.05, 0.1) is 12.3 Å². The summed E-state index contributed by atoms with van der Waals surface area (Å²) in [4.78, 5) is 76.3. The highest BCUT2D eigenvalue weighted by molar-refractivity contribution is 5.96. The Bertz CT molecular complexity index is 1510. The maximum absolute atomic E-state index is 13.2. The third-order valence-electron chi connectivity index (χ3n) is 7.61. The number of carbonyl (C=O) groups is 6. The summed E-state index contributed by atoms with van der Waals surface area (Å²) in [5.74, 6) is -5.39. The maximum Gasteiger partial charge on any atom is 0.408 e. The van der Waals surface area contributed by atoms with Gasteiger partial charge in [-0.2, -0.15) is 0 Å². The summed E-state index contributed by atoms with van der Waals surface area (Å²) in [6.45, 7) is 3.97. The molecule has 0 aliphatic rings. The monoisotopic (exact) mass is 673 g/mol. The molecule has 12 heteroatoms. The second-order valence-corrected chi connectivity index (χ2v) is 12.0. The van der Waals surface area contributed by atoms with E-state index in [1.54, 1.807) is 38.1 Å². The Morgan fingerprint density at radius 3 is 1.65 bits per heavy atom. The number of aliphatic carboxylic acids is 1. The van der Waals surface area contributed by atoms with Crippen LogP contribution >= 0.6 is 0 Å². The lowest BCUT2D eigenvalue weighted by molar-refractivity contribution is -0.153. The number of amides is 3. The van der Waals surface area contributed by atoms with Crippen LogP contribution in [0.2, 0.25) is 0 Å². The molecule has 4 N–H and O–H groups in total. The van der Waals surface area contributed by atoms with Crippen LogP contribution in [0.1, 0.15) is 43.9 Å². The molecule has 0 saturated heterocycles. The average Bonchev–Trinajstić information content (AvgIpc) is 3.08. The van der Waals surface area contributed by atoms with E-state index in [4.69, 9.17) is 9.47 Å². The van der Waals surface area contributed by atoms with E-state index in [1.165, 1.54) is 6.92 Å². The number of esters is 1. The molecule has 260 valence electrons. The number of carboxylic acid groups (broad SMARTS) is 1. The number of carbonyl (C=O) groups excluding carboxylic acids is 5. The van der Waals surface area contributed by atoms with E-state index < -0.39 is 72.7 Å². The summed E-state index contributed by atoms with van der Waals surface area (Å²) in [7, 11) is 0. The average molecular weight is 674 g/mol. The van der Waals surface area contributed by atoms with Gasteiger partial charge in [-0.25, -0.2) is 4.79 Å². The van der Waals surface area contributed by atoms with E-state index in [1.807, 2.05) is 66.7 Å². The molecule has 0 aliphatic carbocycles. The highest BCUT2D eigenvalue weighted by Crippen LogP contribution is 2.17. The molecule has 3 amide bonds. The van der Waals surface area contributed by atoms with Gasteiger partial charge in [0, 0.05) is 0 Å². The van der Waals surface area contributed by atoms with Crippen molar-refractivity contribution in [1.29, 1.82) is 0 Å². The van der Waals surface area contributed by atoms with Crippen LogP contribution in [0.4, 0.5) is 4.79 Å². The molecule has 0 unspecified atom stereocenters. The smallest absolute Gasteiger partial charge is 0.408 e. The molecule has 12 nitrogen and oxygen atoms in total. The van der Waals surface area contributed by atoms with E-state index in [2.05, 4.69) is 16.0 Å². The minimum atomic E-state index is -1.54. The van der Waals surface area contributed by atoms with Crippen LogP contribution in [-0.2, 0) is 52.9 Å². The molecule has 49 heavy (non-hydrogen) atoms. The van der Waals surface area contributed by atoms with Crippen LogP contribution in [0.5, 0.6) is 0 Å². The van der Waals surface area contributed by atoms with Crippen molar-refractivity contribution in [3.63, 3.8) is 0 Å². The highest BCUT2D eigenvalue weighted by atomic mass is 16.5. The van der Waals surface area contributed by atoms with E-state index in [0.29, 0.717) is 12.8 Å². The van der Waals surface area contributed by atoms with Crippen LogP contribution in [0.3, 0.4) is 0 Å². The Kier molecular flexibility index (Phi) is 15.0. The first-order chi connectivity index (χ1) is 23.4. The van der Waals surface area contributed by atoms with Crippen molar-refractivity contribution in [1.82, 2.24) is 16.0 Å². The molecular weight excluding hydrogens is 630 g/mol. The molecule has 0 aliphatic heterocycles. The number of ether oxygens (including phenoxy) is 2. The van der Waals surface area contributed by atoms with Crippen molar-refractivity contribution in [3.8, 4) is 0 Å². The second-order valence-electron chi connectivity index (χ2n) is 12.0. The minimum Gasteiger partial charge on any atom is -0.481 e. The van der Waals surface area contributed by atoms with Gasteiger partial charge in [0.1, 0.15) is 24.7 Å². The van der Waals surface area contributed by atoms with Gasteiger partial charge in [-0.05, 0) is 42.4 Å². The van der Waals surface area contributed by atoms with Crippen molar-refractivity contribution in [2.24, 2.45) is 11.8 Å². The van der Waals surface area contributed by atoms with Gasteiger partial charge >= 0.3 is 18.0 Å². The Balaban J connectivity index is 1.58. The zero-order valence-electron chi connectivity index (χ0n) is 27.8. The molecule has 0 spiro atoms. The normalized spacial score (nSPS) is 12.7. The number of rotatable bonds is 18. The van der Waals surface area contributed by atoms with E-state index in [9.17, 15) is 33.9 Å². The number of carboxylic acids is 1. The van der Waals surface area contributed by atoms with E-state index >= 15 is 0 Å². The first-order valence-electron chi connectivity index (χ1n) is 16.0. The Hall–Kier alpha value is -5.52. The zero-order valence-corrected chi connectivity index (χ0v) is 27.8. The molecule has 3 rings (SSSR count). The standard InChI is InChI=1S/C37H43N3O9/c1-24(2)33(40-37(47)49-22-28-17-11-6-12-18-28)35(45)38-25(3)34(44)39-30(21-32(42)43)31(41)23-48-36(46)29(19-26-13-7-4-8-14-26)20-27-15-9-5-10-16-27/h4-18,24-25,29-30,33H,19-23H2,1-3H3,(H,38,45)(H,39,44)(H,40,47)(H,42,43)/t25-,30-,33-/m0/s1. The van der Waals surface area contributed by atoms with Gasteiger partial charge in [-0.15, -0.1) is 0 Å². The van der Waals surface area contributed by atoms with Crippen LogP contribution < -0.4 is 16.0 Å². The molecule has 3 aromatic rings. The third kappa shape index (κ3) is 13.3. The Morgan fingerprint density at radius 1 is 0.653 bits per heavy atom. The SMILES string of the molecule is CC(C)[C@H](NC(=O)OCc1ccccc1)C(=O)N[C@@H](C)C(=O)N[C@@H](CC(=O)O)C(=O)COC(=O)C(Cc1ccccc1)Cc1ccccc1. The maximum atomic E-state index is 13.2. The molecule has 3 aromatic carbocycles. The Morgan fingerprint density at radius 2 is 1.16 bits per heavy atom. The summed E-state index contributed by atoms with van der Waals surface area (Å²) in [6.07, 6.45) is -0.895. The summed E-state index contributed by atoms with van der Waals surface area (Å²) in [5.41, 5.74) is 2.56. The van der Waals surface area contributed by atoms with E-state index in [-0.39, 0.29) is 12.5 Å². The quantitative estimate of drug-likeness (QED) is 0.147. The highest BCUT2D eigenvalue weighted by Gasteiger charge is 2.31. The van der Waals surface area contributed by atoms with Crippen molar-refractivity contribution in [3.05, 3.63) is 108 Å². The fraction of sp³-hybridized carbons (Fsp3) is 0.351. The molecular formula is C37H43N3O9. The van der Waals surface area contributed by atoms with Crippen LogP contribution in [-0.4, -0.2) is 65.5 Å². The zero-order chi connectivity index (χ0) is 35.8. The lowest BCUT2D eigenvalue weighted by atomic mass is 9.92.